The lowest BCUT2D eigenvalue weighted by Gasteiger charge is -2.34. The molecular formula is C17H23ClF2N2O. The first-order valence-corrected chi connectivity index (χ1v) is 7.92. The van der Waals surface area contributed by atoms with Crippen molar-refractivity contribution in [2.75, 3.05) is 19.6 Å². The van der Waals surface area contributed by atoms with Gasteiger partial charge in [-0.25, -0.2) is 8.78 Å². The molecular weight excluding hydrogens is 322 g/mol. The van der Waals surface area contributed by atoms with Crippen LogP contribution in [0, 0.1) is 23.0 Å². The lowest BCUT2D eigenvalue weighted by Crippen LogP contribution is -2.43. The van der Waals surface area contributed by atoms with Crippen molar-refractivity contribution < 1.29 is 13.6 Å². The molecule has 6 heteroatoms. The predicted octanol–water partition coefficient (Wildman–Crippen LogP) is 3.00. The highest BCUT2D eigenvalue weighted by atomic mass is 35.5. The summed E-state index contributed by atoms with van der Waals surface area (Å²) >= 11 is 0. The number of piperidine rings is 1. The number of halogens is 3. The Hall–Kier alpha value is -1.20. The molecule has 0 spiro atoms. The third-order valence-electron chi connectivity index (χ3n) is 5.01. The zero-order chi connectivity index (χ0) is 15.7. The quantitative estimate of drug-likeness (QED) is 0.881. The van der Waals surface area contributed by atoms with Gasteiger partial charge in [-0.3, -0.25) is 4.79 Å². The van der Waals surface area contributed by atoms with Crippen LogP contribution in [-0.4, -0.2) is 25.5 Å². The normalized spacial score (nSPS) is 25.3. The van der Waals surface area contributed by atoms with Crippen molar-refractivity contribution in [3.63, 3.8) is 0 Å². The molecule has 3 rings (SSSR count). The zero-order valence-corrected chi connectivity index (χ0v) is 14.0. The first-order valence-electron chi connectivity index (χ1n) is 7.92. The number of benzene rings is 1. The van der Waals surface area contributed by atoms with Crippen LogP contribution >= 0.6 is 12.4 Å². The molecule has 1 amide bonds. The molecule has 2 fully saturated rings. The number of carbonyl (C=O) groups excluding carboxylic acids is 1. The van der Waals surface area contributed by atoms with Gasteiger partial charge in [0.05, 0.1) is 0 Å². The Morgan fingerprint density at radius 1 is 1.35 bits per heavy atom. The molecule has 1 saturated carbocycles. The smallest absolute Gasteiger partial charge is 0.223 e. The van der Waals surface area contributed by atoms with Crippen LogP contribution in [0.2, 0.25) is 0 Å². The number of carbonyl (C=O) groups is 1. The topological polar surface area (TPSA) is 41.1 Å². The maximum atomic E-state index is 13.8. The van der Waals surface area contributed by atoms with Gasteiger partial charge in [-0.15, -0.1) is 12.4 Å². The largest absolute Gasteiger partial charge is 0.355 e. The molecule has 0 radical (unpaired) electrons. The number of amides is 1. The maximum absolute atomic E-state index is 13.8. The molecule has 0 aromatic heterocycles. The molecule has 0 bridgehead atoms. The fourth-order valence-corrected chi connectivity index (χ4v) is 3.27. The summed E-state index contributed by atoms with van der Waals surface area (Å²) in [5, 5.41) is 6.32. The zero-order valence-electron chi connectivity index (χ0n) is 13.2. The summed E-state index contributed by atoms with van der Waals surface area (Å²) in [6, 6.07) is 4.18. The van der Waals surface area contributed by atoms with Crippen LogP contribution in [0.5, 0.6) is 0 Å². The van der Waals surface area contributed by atoms with Crippen molar-refractivity contribution in [2.45, 2.75) is 32.1 Å². The highest BCUT2D eigenvalue weighted by Gasteiger charge is 2.45. The minimum Gasteiger partial charge on any atom is -0.355 e. The standard InChI is InChI=1S/C17H22F2N2O.ClH/c1-17(5-7-20-8-6-17)10-21-16(22)13-9-12(13)11-3-2-4-14(18)15(11)19;/h2-4,12-13,20H,5-10H2,1H3,(H,21,22);1H. The van der Waals surface area contributed by atoms with Gasteiger partial charge in [0, 0.05) is 12.5 Å². The molecule has 1 aliphatic carbocycles. The van der Waals surface area contributed by atoms with Gasteiger partial charge in [0.25, 0.3) is 0 Å². The molecule has 23 heavy (non-hydrogen) atoms. The van der Waals surface area contributed by atoms with Crippen LogP contribution in [0.25, 0.3) is 0 Å². The molecule has 1 aromatic carbocycles. The van der Waals surface area contributed by atoms with Crippen molar-refractivity contribution in [1.29, 1.82) is 0 Å². The van der Waals surface area contributed by atoms with Crippen LogP contribution in [0.3, 0.4) is 0 Å². The van der Waals surface area contributed by atoms with Crippen LogP contribution in [0.4, 0.5) is 8.78 Å². The average molecular weight is 345 g/mol. The SMILES string of the molecule is CC1(CNC(=O)C2CC2c2cccc(F)c2F)CCNCC1.Cl. The van der Waals surface area contributed by atoms with E-state index in [9.17, 15) is 13.6 Å². The Morgan fingerprint density at radius 2 is 2.04 bits per heavy atom. The molecule has 128 valence electrons. The monoisotopic (exact) mass is 344 g/mol. The van der Waals surface area contributed by atoms with Crippen molar-refractivity contribution in [3.8, 4) is 0 Å². The van der Waals surface area contributed by atoms with E-state index in [0.717, 1.165) is 32.0 Å². The van der Waals surface area contributed by atoms with Gasteiger partial charge in [-0.2, -0.15) is 0 Å². The Labute approximate surface area is 141 Å². The number of rotatable bonds is 4. The van der Waals surface area contributed by atoms with Gasteiger partial charge in [0.1, 0.15) is 0 Å². The van der Waals surface area contributed by atoms with Gasteiger partial charge < -0.3 is 10.6 Å². The van der Waals surface area contributed by atoms with E-state index >= 15 is 0 Å². The maximum Gasteiger partial charge on any atom is 0.223 e. The van der Waals surface area contributed by atoms with E-state index in [4.69, 9.17) is 0 Å². The molecule has 1 heterocycles. The summed E-state index contributed by atoms with van der Waals surface area (Å²) < 4.78 is 27.0. The second-order valence-electron chi connectivity index (χ2n) is 6.87. The van der Waals surface area contributed by atoms with E-state index in [1.165, 1.54) is 6.07 Å². The summed E-state index contributed by atoms with van der Waals surface area (Å²) in [7, 11) is 0. The molecule has 2 aliphatic rings. The molecule has 1 aromatic rings. The van der Waals surface area contributed by atoms with E-state index in [1.807, 2.05) is 0 Å². The minimum atomic E-state index is -0.842. The third kappa shape index (κ3) is 4.01. The van der Waals surface area contributed by atoms with E-state index in [2.05, 4.69) is 17.6 Å². The predicted molar refractivity (Wildman–Crippen MR) is 87.7 cm³/mol. The van der Waals surface area contributed by atoms with E-state index in [1.54, 1.807) is 6.07 Å². The fourth-order valence-electron chi connectivity index (χ4n) is 3.27. The van der Waals surface area contributed by atoms with E-state index in [-0.39, 0.29) is 35.6 Å². The van der Waals surface area contributed by atoms with Crippen LogP contribution in [0.15, 0.2) is 18.2 Å². The first kappa shape index (κ1) is 18.1. The van der Waals surface area contributed by atoms with Crippen molar-refractivity contribution in [1.82, 2.24) is 10.6 Å². The summed E-state index contributed by atoms with van der Waals surface area (Å²) in [4.78, 5) is 12.2. The molecule has 3 nitrogen and oxygen atoms in total. The number of hydrogen-bond donors (Lipinski definition) is 2. The van der Waals surface area contributed by atoms with Gasteiger partial charge in [-0.05, 0) is 55.3 Å². The van der Waals surface area contributed by atoms with E-state index in [0.29, 0.717) is 18.5 Å². The Morgan fingerprint density at radius 3 is 2.74 bits per heavy atom. The Kier molecular flexibility index (Phi) is 5.63. The lowest BCUT2D eigenvalue weighted by molar-refractivity contribution is -0.123. The highest BCUT2D eigenvalue weighted by molar-refractivity contribution is 5.85. The lowest BCUT2D eigenvalue weighted by atomic mass is 9.81. The first-order chi connectivity index (χ1) is 10.5. The van der Waals surface area contributed by atoms with Gasteiger partial charge >= 0.3 is 0 Å². The van der Waals surface area contributed by atoms with Gasteiger partial charge in [0.2, 0.25) is 5.91 Å². The molecule has 2 unspecified atom stereocenters. The molecule has 2 N–H and O–H groups in total. The van der Waals surface area contributed by atoms with Gasteiger partial charge in [0.15, 0.2) is 11.6 Å². The highest BCUT2D eigenvalue weighted by Crippen LogP contribution is 2.48. The van der Waals surface area contributed by atoms with Gasteiger partial charge in [-0.1, -0.05) is 19.1 Å². The van der Waals surface area contributed by atoms with Crippen molar-refractivity contribution >= 4 is 18.3 Å². The minimum absolute atomic E-state index is 0. The Bertz CT molecular complexity index is 576. The number of hydrogen-bond acceptors (Lipinski definition) is 2. The number of nitrogens with one attached hydrogen (secondary N) is 2. The van der Waals surface area contributed by atoms with Crippen LogP contribution in [0.1, 0.15) is 37.7 Å². The summed E-state index contributed by atoms with van der Waals surface area (Å²) in [5.41, 5.74) is 0.461. The second kappa shape index (κ2) is 7.14. The summed E-state index contributed by atoms with van der Waals surface area (Å²) in [6.45, 7) is 4.80. The van der Waals surface area contributed by atoms with Crippen LogP contribution < -0.4 is 10.6 Å². The summed E-state index contributed by atoms with van der Waals surface area (Å²) in [5.74, 6) is -2.09. The van der Waals surface area contributed by atoms with Crippen molar-refractivity contribution in [2.24, 2.45) is 11.3 Å². The Balaban J connectivity index is 0.00000192. The van der Waals surface area contributed by atoms with Crippen molar-refractivity contribution in [3.05, 3.63) is 35.4 Å². The molecule has 1 aliphatic heterocycles. The molecule has 2 atom stereocenters. The summed E-state index contributed by atoms with van der Waals surface area (Å²) in [6.07, 6.45) is 2.68. The molecule has 1 saturated heterocycles. The third-order valence-corrected chi connectivity index (χ3v) is 5.01. The fraction of sp³-hybridized carbons (Fsp3) is 0.588. The second-order valence-corrected chi connectivity index (χ2v) is 6.87. The van der Waals surface area contributed by atoms with E-state index < -0.39 is 11.6 Å². The van der Waals surface area contributed by atoms with Crippen LogP contribution in [-0.2, 0) is 4.79 Å². The average Bonchev–Trinajstić information content (AvgIpc) is 3.29.